The zero-order valence-corrected chi connectivity index (χ0v) is 14.2. The minimum Gasteiger partial charge on any atom is -0.465 e. The largest absolute Gasteiger partial charge is 0.465 e. The molecular formula is C14H12F2IN3O4. The molecule has 3 rings (SSSR count). The van der Waals surface area contributed by atoms with Crippen LogP contribution in [0.15, 0.2) is 12.1 Å². The van der Waals surface area contributed by atoms with Gasteiger partial charge in [-0.2, -0.15) is 0 Å². The predicted molar refractivity (Wildman–Crippen MR) is 87.8 cm³/mol. The molecule has 7 nitrogen and oxygen atoms in total. The molecule has 0 spiro atoms. The number of fused-ring (bicyclic) bond motifs is 1. The van der Waals surface area contributed by atoms with E-state index >= 15 is 0 Å². The number of nitrogens with zero attached hydrogens (tertiary/aromatic N) is 1. The number of aliphatic hydroxyl groups is 1. The highest BCUT2D eigenvalue weighted by Crippen LogP contribution is 2.26. The van der Waals surface area contributed by atoms with Crippen LogP contribution in [0, 0.1) is 15.2 Å². The highest BCUT2D eigenvalue weighted by atomic mass is 127. The van der Waals surface area contributed by atoms with Gasteiger partial charge >= 0.3 is 6.09 Å². The van der Waals surface area contributed by atoms with E-state index in [9.17, 15) is 23.5 Å². The van der Waals surface area contributed by atoms with Gasteiger partial charge in [0.2, 0.25) is 0 Å². The lowest BCUT2D eigenvalue weighted by Gasteiger charge is -2.15. The van der Waals surface area contributed by atoms with E-state index in [1.807, 2.05) is 0 Å². The molecule has 0 unspecified atom stereocenters. The Labute approximate surface area is 147 Å². The van der Waals surface area contributed by atoms with Crippen molar-refractivity contribution in [3.05, 3.63) is 33.0 Å². The Bertz CT molecular complexity index is 841. The fourth-order valence-corrected chi connectivity index (χ4v) is 3.29. The molecule has 0 bridgehead atoms. The number of β-amino-alcohol motifs (C(OH)–C–C–N with tert-alkyl or cyclic N) is 1. The number of hydrogen-bond acceptors (Lipinski definition) is 3. The molecule has 1 aliphatic rings. The zero-order valence-electron chi connectivity index (χ0n) is 12.0. The van der Waals surface area contributed by atoms with Gasteiger partial charge in [-0.1, -0.05) is 0 Å². The van der Waals surface area contributed by atoms with Gasteiger partial charge in [0.1, 0.15) is 5.69 Å². The molecule has 128 valence electrons. The summed E-state index contributed by atoms with van der Waals surface area (Å²) in [4.78, 5) is 26.9. The Balaban J connectivity index is 1.87. The molecule has 0 radical (unpaired) electrons. The average molecular weight is 451 g/mol. The maximum absolute atomic E-state index is 13.9. The van der Waals surface area contributed by atoms with Crippen LogP contribution >= 0.6 is 22.6 Å². The summed E-state index contributed by atoms with van der Waals surface area (Å²) in [5.74, 6) is -2.59. The summed E-state index contributed by atoms with van der Waals surface area (Å²) in [6.45, 7) is -0.0798. The van der Waals surface area contributed by atoms with Gasteiger partial charge in [0.05, 0.1) is 21.2 Å². The number of H-pyrrole nitrogens is 1. The lowest BCUT2D eigenvalue weighted by molar-refractivity contribution is 0.0760. The van der Waals surface area contributed by atoms with E-state index < -0.39 is 35.8 Å². The molecule has 24 heavy (non-hydrogen) atoms. The monoisotopic (exact) mass is 451 g/mol. The maximum Gasteiger partial charge on any atom is 0.405 e. The fourth-order valence-electron chi connectivity index (χ4n) is 2.72. The summed E-state index contributed by atoms with van der Waals surface area (Å²) >= 11 is 1.66. The number of carbonyl (C=O) groups excluding carboxylic acids is 1. The molecule has 0 saturated carbocycles. The standard InChI is InChI=1S/C14H12F2IN3O4/c15-10-6(17)1-5-2-7(18-12(5)11(10)16)13(22)20-3-8(9(21)4-20)19-14(23)24/h1-2,8-9,18-19,21H,3-4H2,(H,23,24)/t8-,9-/m0/s1. The topological polar surface area (TPSA) is 106 Å². The van der Waals surface area contributed by atoms with Crippen LogP contribution in [0.25, 0.3) is 10.9 Å². The van der Waals surface area contributed by atoms with Crippen LogP contribution in [0.5, 0.6) is 0 Å². The minimum atomic E-state index is -1.30. The van der Waals surface area contributed by atoms with Crippen molar-refractivity contribution in [1.29, 1.82) is 0 Å². The normalized spacial score (nSPS) is 20.6. The molecule has 2 amide bonds. The SMILES string of the molecule is O=C(O)N[C@H]1CN(C(=O)c2cc3cc(I)c(F)c(F)c3[nH]2)C[C@@H]1O. The number of hydrogen-bond donors (Lipinski definition) is 4. The van der Waals surface area contributed by atoms with Crippen molar-refractivity contribution < 1.29 is 28.6 Å². The molecular weight excluding hydrogens is 439 g/mol. The van der Waals surface area contributed by atoms with Gasteiger partial charge in [-0.05, 0) is 34.7 Å². The molecule has 2 atom stereocenters. The van der Waals surface area contributed by atoms with Crippen molar-refractivity contribution in [3.8, 4) is 0 Å². The lowest BCUT2D eigenvalue weighted by Crippen LogP contribution is -2.42. The van der Waals surface area contributed by atoms with Crippen LogP contribution in [0.4, 0.5) is 13.6 Å². The first-order valence-electron chi connectivity index (χ1n) is 6.91. The van der Waals surface area contributed by atoms with E-state index in [2.05, 4.69) is 10.3 Å². The van der Waals surface area contributed by atoms with Crippen LogP contribution in [-0.2, 0) is 0 Å². The van der Waals surface area contributed by atoms with Crippen molar-refractivity contribution in [2.45, 2.75) is 12.1 Å². The van der Waals surface area contributed by atoms with Crippen LogP contribution in [0.3, 0.4) is 0 Å². The first-order chi connectivity index (χ1) is 11.3. The Morgan fingerprint density at radius 3 is 2.67 bits per heavy atom. The second-order valence-corrected chi connectivity index (χ2v) is 6.63. The van der Waals surface area contributed by atoms with Gasteiger partial charge in [-0.15, -0.1) is 0 Å². The quantitative estimate of drug-likeness (QED) is 0.411. The highest BCUT2D eigenvalue weighted by Gasteiger charge is 2.36. The second kappa shape index (κ2) is 6.16. The van der Waals surface area contributed by atoms with E-state index in [-0.39, 0.29) is 27.9 Å². The number of benzene rings is 1. The first kappa shape index (κ1) is 16.9. The Hall–Kier alpha value is -1.95. The molecule has 4 N–H and O–H groups in total. The summed E-state index contributed by atoms with van der Waals surface area (Å²) in [7, 11) is 0. The molecule has 10 heteroatoms. The van der Waals surface area contributed by atoms with E-state index in [1.165, 1.54) is 17.0 Å². The summed E-state index contributed by atoms with van der Waals surface area (Å²) in [6, 6.07) is 2.01. The van der Waals surface area contributed by atoms with Gasteiger partial charge < -0.3 is 25.4 Å². The minimum absolute atomic E-state index is 0.0178. The third-order valence-electron chi connectivity index (χ3n) is 3.87. The summed E-state index contributed by atoms with van der Waals surface area (Å²) in [5.41, 5.74) is -0.0790. The van der Waals surface area contributed by atoms with Gasteiger partial charge in [-0.25, -0.2) is 13.6 Å². The molecule has 1 saturated heterocycles. The van der Waals surface area contributed by atoms with Crippen LogP contribution < -0.4 is 5.32 Å². The highest BCUT2D eigenvalue weighted by molar-refractivity contribution is 14.1. The third-order valence-corrected chi connectivity index (χ3v) is 4.65. The number of amides is 2. The van der Waals surface area contributed by atoms with Gasteiger partial charge in [0.15, 0.2) is 11.6 Å². The van der Waals surface area contributed by atoms with E-state index in [0.29, 0.717) is 5.39 Å². The van der Waals surface area contributed by atoms with E-state index in [0.717, 1.165) is 0 Å². The molecule has 1 aliphatic heterocycles. The van der Waals surface area contributed by atoms with Crippen LogP contribution in [-0.4, -0.2) is 57.3 Å². The number of aliphatic hydroxyl groups excluding tert-OH is 1. The lowest BCUT2D eigenvalue weighted by atomic mass is 10.2. The van der Waals surface area contributed by atoms with E-state index in [4.69, 9.17) is 5.11 Å². The van der Waals surface area contributed by atoms with Crippen LogP contribution in [0.1, 0.15) is 10.5 Å². The number of rotatable bonds is 2. The number of carboxylic acid groups (broad SMARTS) is 1. The van der Waals surface area contributed by atoms with Crippen molar-refractivity contribution in [2.75, 3.05) is 13.1 Å². The third kappa shape index (κ3) is 2.90. The number of carbonyl (C=O) groups is 2. The van der Waals surface area contributed by atoms with Crippen molar-refractivity contribution in [1.82, 2.24) is 15.2 Å². The Morgan fingerprint density at radius 2 is 2.00 bits per heavy atom. The van der Waals surface area contributed by atoms with Crippen molar-refractivity contribution >= 4 is 45.5 Å². The van der Waals surface area contributed by atoms with Gasteiger partial charge in [0, 0.05) is 18.5 Å². The van der Waals surface area contributed by atoms with Gasteiger partial charge in [-0.3, -0.25) is 4.79 Å². The zero-order chi connectivity index (χ0) is 17.6. The maximum atomic E-state index is 13.9. The van der Waals surface area contributed by atoms with Crippen molar-refractivity contribution in [2.24, 2.45) is 0 Å². The molecule has 1 aromatic heterocycles. The van der Waals surface area contributed by atoms with E-state index in [1.54, 1.807) is 22.6 Å². The Kier molecular flexibility index (Phi) is 4.34. The summed E-state index contributed by atoms with van der Waals surface area (Å²) in [6.07, 6.45) is -2.34. The number of aromatic nitrogens is 1. The number of likely N-dealkylation sites (tertiary alicyclic amines) is 1. The van der Waals surface area contributed by atoms with Crippen LogP contribution in [0.2, 0.25) is 0 Å². The molecule has 2 aromatic rings. The first-order valence-corrected chi connectivity index (χ1v) is 7.99. The van der Waals surface area contributed by atoms with Gasteiger partial charge in [0.25, 0.3) is 5.91 Å². The second-order valence-electron chi connectivity index (χ2n) is 5.47. The average Bonchev–Trinajstić information content (AvgIpc) is 3.08. The molecule has 1 aromatic carbocycles. The number of nitrogens with one attached hydrogen (secondary N) is 2. The molecule has 0 aliphatic carbocycles. The Morgan fingerprint density at radius 1 is 1.29 bits per heavy atom. The number of halogens is 3. The number of aromatic amines is 1. The summed E-state index contributed by atoms with van der Waals surface area (Å²) in [5, 5.41) is 21.0. The van der Waals surface area contributed by atoms with Crippen molar-refractivity contribution in [3.63, 3.8) is 0 Å². The predicted octanol–water partition coefficient (Wildman–Crippen LogP) is 1.50. The smallest absolute Gasteiger partial charge is 0.405 e. The molecule has 2 heterocycles. The fraction of sp³-hybridized carbons (Fsp3) is 0.286. The summed E-state index contributed by atoms with van der Waals surface area (Å²) < 4.78 is 27.6. The molecule has 1 fully saturated rings.